The first-order valence-corrected chi connectivity index (χ1v) is 11.3. The van der Waals surface area contributed by atoms with Crippen LogP contribution in [0.2, 0.25) is 0 Å². The van der Waals surface area contributed by atoms with Crippen LogP contribution in [0.25, 0.3) is 22.0 Å². The summed E-state index contributed by atoms with van der Waals surface area (Å²) in [5.41, 5.74) is 4.67. The van der Waals surface area contributed by atoms with Gasteiger partial charge >= 0.3 is 0 Å². The molecule has 1 aliphatic carbocycles. The third-order valence-corrected chi connectivity index (χ3v) is 6.50. The lowest BCUT2D eigenvalue weighted by Crippen LogP contribution is -2.36. The average Bonchev–Trinajstić information content (AvgIpc) is 3.24. The molecule has 3 aromatic rings. The van der Waals surface area contributed by atoms with Crippen molar-refractivity contribution in [3.05, 3.63) is 42.4 Å². The van der Waals surface area contributed by atoms with Crippen molar-refractivity contribution < 1.29 is 4.79 Å². The SMILES string of the molecule is O=C(NC1CCCCC1)c1n[nH]c2ccc(-c3cncc(N4CCCCC4)c3)cc12. The van der Waals surface area contributed by atoms with Crippen LogP contribution in [0.4, 0.5) is 5.69 Å². The predicted octanol–water partition coefficient (Wildman–Crippen LogP) is 4.68. The number of piperidine rings is 1. The first kappa shape index (κ1) is 19.1. The monoisotopic (exact) mass is 403 g/mol. The number of hydrogen-bond acceptors (Lipinski definition) is 4. The fraction of sp³-hybridized carbons (Fsp3) is 0.458. The summed E-state index contributed by atoms with van der Waals surface area (Å²) in [7, 11) is 0. The summed E-state index contributed by atoms with van der Waals surface area (Å²) >= 11 is 0. The van der Waals surface area contributed by atoms with Gasteiger partial charge in [0, 0.05) is 36.3 Å². The molecule has 1 aliphatic heterocycles. The molecule has 1 amide bonds. The number of pyridine rings is 1. The fourth-order valence-electron chi connectivity index (χ4n) is 4.78. The van der Waals surface area contributed by atoms with Crippen LogP contribution >= 0.6 is 0 Å². The van der Waals surface area contributed by atoms with Crippen molar-refractivity contribution in [1.29, 1.82) is 0 Å². The maximum Gasteiger partial charge on any atom is 0.272 e. The molecule has 0 radical (unpaired) electrons. The van der Waals surface area contributed by atoms with Crippen LogP contribution in [0.5, 0.6) is 0 Å². The van der Waals surface area contributed by atoms with E-state index in [0.29, 0.717) is 5.69 Å². The number of fused-ring (bicyclic) bond motifs is 1. The molecule has 3 heterocycles. The number of benzene rings is 1. The number of carbonyl (C=O) groups excluding carboxylic acids is 1. The number of rotatable bonds is 4. The molecule has 2 N–H and O–H groups in total. The van der Waals surface area contributed by atoms with Gasteiger partial charge in [0.05, 0.1) is 17.4 Å². The third kappa shape index (κ3) is 3.91. The van der Waals surface area contributed by atoms with Gasteiger partial charge in [0.2, 0.25) is 0 Å². The second-order valence-electron chi connectivity index (χ2n) is 8.62. The molecule has 6 nitrogen and oxygen atoms in total. The minimum absolute atomic E-state index is 0.0782. The molecule has 0 bridgehead atoms. The molecule has 1 aromatic carbocycles. The maximum absolute atomic E-state index is 12.9. The fourth-order valence-corrected chi connectivity index (χ4v) is 4.78. The van der Waals surface area contributed by atoms with Gasteiger partial charge in [0.25, 0.3) is 5.91 Å². The normalized spacial score (nSPS) is 17.9. The molecule has 5 rings (SSSR count). The highest BCUT2D eigenvalue weighted by molar-refractivity contribution is 6.05. The molecular weight excluding hydrogens is 374 g/mol. The standard InChI is InChI=1S/C24H29N5O/c30-24(26-19-7-3-1-4-8-19)23-21-14-17(9-10-22(21)27-28-23)18-13-20(16-25-15-18)29-11-5-2-6-12-29/h9-10,13-16,19H,1-8,11-12H2,(H,26,30)(H,27,28). The van der Waals surface area contributed by atoms with Gasteiger partial charge in [-0.25, -0.2) is 0 Å². The quantitative estimate of drug-likeness (QED) is 0.663. The van der Waals surface area contributed by atoms with E-state index < -0.39 is 0 Å². The van der Waals surface area contributed by atoms with Crippen molar-refractivity contribution in [2.45, 2.75) is 57.4 Å². The van der Waals surface area contributed by atoms with E-state index in [2.05, 4.69) is 43.6 Å². The number of anilines is 1. The zero-order chi connectivity index (χ0) is 20.3. The topological polar surface area (TPSA) is 73.9 Å². The van der Waals surface area contributed by atoms with Crippen molar-refractivity contribution in [1.82, 2.24) is 20.5 Å². The molecule has 1 saturated heterocycles. The molecule has 1 saturated carbocycles. The molecule has 2 aromatic heterocycles. The number of nitrogens with zero attached hydrogens (tertiary/aromatic N) is 3. The Bertz CT molecular complexity index is 1030. The van der Waals surface area contributed by atoms with Crippen molar-refractivity contribution in [3.8, 4) is 11.1 Å². The van der Waals surface area contributed by atoms with Crippen molar-refractivity contribution >= 4 is 22.5 Å². The number of nitrogens with one attached hydrogen (secondary N) is 2. The summed E-state index contributed by atoms with van der Waals surface area (Å²) in [5.74, 6) is -0.0782. The molecule has 0 atom stereocenters. The molecule has 156 valence electrons. The van der Waals surface area contributed by atoms with E-state index in [-0.39, 0.29) is 11.9 Å². The Hall–Kier alpha value is -2.89. The van der Waals surface area contributed by atoms with Crippen LogP contribution in [0.15, 0.2) is 36.7 Å². The number of aromatic amines is 1. The summed E-state index contributed by atoms with van der Waals surface area (Å²) in [5, 5.41) is 11.4. The lowest BCUT2D eigenvalue weighted by atomic mass is 9.95. The highest BCUT2D eigenvalue weighted by Gasteiger charge is 2.20. The molecule has 0 unspecified atom stereocenters. The Kier molecular flexibility index (Phi) is 5.39. The van der Waals surface area contributed by atoms with E-state index in [9.17, 15) is 4.79 Å². The zero-order valence-corrected chi connectivity index (χ0v) is 17.4. The van der Waals surface area contributed by atoms with Crippen molar-refractivity contribution in [2.75, 3.05) is 18.0 Å². The summed E-state index contributed by atoms with van der Waals surface area (Å²) < 4.78 is 0. The van der Waals surface area contributed by atoms with Crippen LogP contribution in [-0.4, -0.2) is 40.2 Å². The Labute approximate surface area is 177 Å². The van der Waals surface area contributed by atoms with E-state index in [1.807, 2.05) is 18.5 Å². The second kappa shape index (κ2) is 8.46. The van der Waals surface area contributed by atoms with E-state index in [0.717, 1.165) is 48.0 Å². The molecule has 2 aliphatic rings. The first-order valence-electron chi connectivity index (χ1n) is 11.3. The highest BCUT2D eigenvalue weighted by Crippen LogP contribution is 2.29. The summed E-state index contributed by atoms with van der Waals surface area (Å²) in [6.45, 7) is 2.19. The van der Waals surface area contributed by atoms with Gasteiger partial charge in [0.1, 0.15) is 0 Å². The van der Waals surface area contributed by atoms with Crippen molar-refractivity contribution in [3.63, 3.8) is 0 Å². The average molecular weight is 404 g/mol. The van der Waals surface area contributed by atoms with Gasteiger partial charge in [-0.05, 0) is 55.9 Å². The Morgan fingerprint density at radius 2 is 1.77 bits per heavy atom. The van der Waals surface area contributed by atoms with Crippen LogP contribution in [0.3, 0.4) is 0 Å². The molecular formula is C24H29N5O. The Morgan fingerprint density at radius 1 is 0.967 bits per heavy atom. The molecule has 30 heavy (non-hydrogen) atoms. The van der Waals surface area contributed by atoms with Crippen LogP contribution in [0.1, 0.15) is 61.9 Å². The van der Waals surface area contributed by atoms with Gasteiger partial charge in [0.15, 0.2) is 5.69 Å². The van der Waals surface area contributed by atoms with Gasteiger partial charge < -0.3 is 10.2 Å². The van der Waals surface area contributed by atoms with E-state index in [1.165, 1.54) is 44.2 Å². The lowest BCUT2D eigenvalue weighted by Gasteiger charge is -2.28. The minimum atomic E-state index is -0.0782. The van der Waals surface area contributed by atoms with Crippen LogP contribution < -0.4 is 10.2 Å². The number of amides is 1. The van der Waals surface area contributed by atoms with E-state index in [4.69, 9.17) is 0 Å². The van der Waals surface area contributed by atoms with Crippen LogP contribution in [0, 0.1) is 0 Å². The number of hydrogen-bond donors (Lipinski definition) is 2. The minimum Gasteiger partial charge on any atom is -0.370 e. The number of aromatic nitrogens is 3. The molecule has 6 heteroatoms. The summed E-state index contributed by atoms with van der Waals surface area (Å²) in [4.78, 5) is 19.8. The van der Waals surface area contributed by atoms with Gasteiger partial charge in [-0.15, -0.1) is 0 Å². The zero-order valence-electron chi connectivity index (χ0n) is 17.4. The molecule has 2 fully saturated rings. The largest absolute Gasteiger partial charge is 0.370 e. The van der Waals surface area contributed by atoms with Gasteiger partial charge in [-0.2, -0.15) is 5.10 Å². The van der Waals surface area contributed by atoms with E-state index >= 15 is 0 Å². The maximum atomic E-state index is 12.9. The molecule has 0 spiro atoms. The van der Waals surface area contributed by atoms with Crippen LogP contribution in [-0.2, 0) is 0 Å². The second-order valence-corrected chi connectivity index (χ2v) is 8.62. The van der Waals surface area contributed by atoms with Gasteiger partial charge in [-0.3, -0.25) is 14.9 Å². The lowest BCUT2D eigenvalue weighted by molar-refractivity contribution is 0.0924. The first-order chi connectivity index (χ1) is 14.8. The Morgan fingerprint density at radius 3 is 2.60 bits per heavy atom. The smallest absolute Gasteiger partial charge is 0.272 e. The van der Waals surface area contributed by atoms with Gasteiger partial charge in [-0.1, -0.05) is 25.3 Å². The number of carbonyl (C=O) groups is 1. The number of H-pyrrole nitrogens is 1. The predicted molar refractivity (Wildman–Crippen MR) is 120 cm³/mol. The Balaban J connectivity index is 1.42. The summed E-state index contributed by atoms with van der Waals surface area (Å²) in [6.07, 6.45) is 13.4. The van der Waals surface area contributed by atoms with E-state index in [1.54, 1.807) is 0 Å². The van der Waals surface area contributed by atoms with Crippen molar-refractivity contribution in [2.24, 2.45) is 0 Å². The third-order valence-electron chi connectivity index (χ3n) is 6.50. The summed E-state index contributed by atoms with van der Waals surface area (Å²) in [6, 6.07) is 8.61. The highest BCUT2D eigenvalue weighted by atomic mass is 16.2.